The molecule has 0 fully saturated rings. The van der Waals surface area contributed by atoms with Gasteiger partial charge in [-0.05, 0) is 157 Å². The Morgan fingerprint density at radius 3 is 0.833 bits per heavy atom. The Morgan fingerprint density at radius 2 is 0.448 bits per heavy atom. The van der Waals surface area contributed by atoms with Crippen LogP contribution in [0.3, 0.4) is 0 Å². The standard InChI is InChI=1S/C87H55N9/c1-3-25-61(26-4-1)94-81-43-20-12-35-73(81)88-85(94)58-48-59(86-89-74-36-13-21-44-82(74)95(86)62-27-5-2-6-28-62)50-60(49-58)87-90-75-37-14-22-45-83(75)96(87)63-29-23-24-56(51-63)57-46-47-72-71-34-11-19-42-80(71)93(84(72)52-57)66-54-64(91-76-38-15-7-30-67(76)68-31-8-16-39-77(68)91)53-65(55-66)92-78-40-17-9-32-69(78)70-33-10-18-41-79(70)92/h1-55H. The van der Waals surface area contributed by atoms with Crippen molar-refractivity contribution in [3.05, 3.63) is 334 Å². The van der Waals surface area contributed by atoms with E-state index >= 15 is 0 Å². The van der Waals surface area contributed by atoms with Crippen molar-refractivity contribution in [1.29, 1.82) is 0 Å². The third kappa shape index (κ3) is 8.27. The number of para-hydroxylation sites is 13. The third-order valence-electron chi connectivity index (χ3n) is 19.4. The van der Waals surface area contributed by atoms with Crippen LogP contribution in [0.25, 0.3) is 178 Å². The maximum Gasteiger partial charge on any atom is 0.145 e. The SMILES string of the molecule is c1ccc(-n2c(-c3cc(-c4nc5ccccc5n4-c4ccccc4)cc(-c4nc5ccccc5n4-c4cccc(-c5ccc6c7ccccc7n(-c7cc(-n8c9ccccc9c9ccccc98)cc(-n8c9ccccc9c9ccccc98)c7)c6c5)c4)c3)nc3ccccc32)cc1. The van der Waals surface area contributed by atoms with E-state index in [-0.39, 0.29) is 0 Å². The lowest BCUT2D eigenvalue weighted by Crippen LogP contribution is -2.03. The predicted molar refractivity (Wildman–Crippen MR) is 395 cm³/mol. The second kappa shape index (κ2) is 21.2. The first kappa shape index (κ1) is 53.5. The zero-order chi connectivity index (χ0) is 63.0. The van der Waals surface area contributed by atoms with Crippen molar-refractivity contribution in [2.75, 3.05) is 0 Å². The van der Waals surface area contributed by atoms with Gasteiger partial charge in [0.15, 0.2) is 0 Å². The maximum atomic E-state index is 5.61. The summed E-state index contributed by atoms with van der Waals surface area (Å²) in [6.45, 7) is 0. The van der Waals surface area contributed by atoms with E-state index in [1.165, 1.54) is 32.3 Å². The molecule has 14 aromatic carbocycles. The van der Waals surface area contributed by atoms with Crippen LogP contribution in [-0.2, 0) is 0 Å². The zero-order valence-electron chi connectivity index (χ0n) is 51.8. The first-order valence-corrected chi connectivity index (χ1v) is 32.6. The van der Waals surface area contributed by atoms with E-state index in [0.717, 1.165) is 146 Å². The fraction of sp³-hybridized carbons (Fsp3) is 0. The van der Waals surface area contributed by atoms with Gasteiger partial charge in [0.25, 0.3) is 0 Å². The molecule has 20 aromatic rings. The van der Waals surface area contributed by atoms with E-state index in [2.05, 4.69) is 361 Å². The van der Waals surface area contributed by atoms with Gasteiger partial charge < -0.3 is 13.7 Å². The molecule has 0 spiro atoms. The summed E-state index contributed by atoms with van der Waals surface area (Å²) in [6.07, 6.45) is 0. The van der Waals surface area contributed by atoms with E-state index < -0.39 is 0 Å². The van der Waals surface area contributed by atoms with E-state index in [4.69, 9.17) is 15.0 Å². The van der Waals surface area contributed by atoms with Crippen LogP contribution in [0, 0.1) is 0 Å². The fourth-order valence-corrected chi connectivity index (χ4v) is 15.2. The summed E-state index contributed by atoms with van der Waals surface area (Å²) in [7, 11) is 0. The lowest BCUT2D eigenvalue weighted by Gasteiger charge is -2.17. The molecule has 0 radical (unpaired) electrons. The smallest absolute Gasteiger partial charge is 0.145 e. The number of hydrogen-bond donors (Lipinski definition) is 0. The molecule has 0 aliphatic carbocycles. The summed E-state index contributed by atoms with van der Waals surface area (Å²) < 4.78 is 14.3. The van der Waals surface area contributed by atoms with Gasteiger partial charge in [0.05, 0.1) is 83.3 Å². The van der Waals surface area contributed by atoms with Crippen molar-refractivity contribution in [2.24, 2.45) is 0 Å². The fourth-order valence-electron chi connectivity index (χ4n) is 15.2. The van der Waals surface area contributed by atoms with Gasteiger partial charge in [-0.2, -0.15) is 0 Å². The molecule has 0 saturated heterocycles. The number of nitrogens with zero attached hydrogens (tertiary/aromatic N) is 9. The molecule has 6 heterocycles. The van der Waals surface area contributed by atoms with Gasteiger partial charge in [-0.1, -0.05) is 188 Å². The van der Waals surface area contributed by atoms with Gasteiger partial charge in [-0.3, -0.25) is 13.7 Å². The predicted octanol–water partition coefficient (Wildman–Crippen LogP) is 21.7. The van der Waals surface area contributed by atoms with Crippen molar-refractivity contribution in [3.63, 3.8) is 0 Å². The molecule has 9 nitrogen and oxygen atoms in total. The second-order valence-electron chi connectivity index (χ2n) is 24.8. The number of benzene rings is 14. The minimum atomic E-state index is 0.791. The van der Waals surface area contributed by atoms with Crippen LogP contribution >= 0.6 is 0 Å². The van der Waals surface area contributed by atoms with E-state index in [1.807, 2.05) is 0 Å². The average molecular weight is 1230 g/mol. The summed E-state index contributed by atoms with van der Waals surface area (Å²) in [5.74, 6) is 2.41. The summed E-state index contributed by atoms with van der Waals surface area (Å²) in [4.78, 5) is 16.5. The molecule has 0 bridgehead atoms. The molecule has 0 saturated carbocycles. The Balaban J connectivity index is 0.796. The second-order valence-corrected chi connectivity index (χ2v) is 24.8. The molecule has 0 aliphatic rings. The number of fused-ring (bicyclic) bond motifs is 12. The largest absolute Gasteiger partial charge is 0.309 e. The maximum absolute atomic E-state index is 5.61. The zero-order valence-corrected chi connectivity index (χ0v) is 51.8. The molecule has 0 N–H and O–H groups in total. The summed E-state index contributed by atoms with van der Waals surface area (Å²) in [5.41, 5.74) is 23.7. The van der Waals surface area contributed by atoms with Gasteiger partial charge in [-0.25, -0.2) is 15.0 Å². The van der Waals surface area contributed by atoms with E-state index in [0.29, 0.717) is 0 Å². The average Bonchev–Trinajstić information content (AvgIpc) is 1.57. The van der Waals surface area contributed by atoms with E-state index in [1.54, 1.807) is 0 Å². The van der Waals surface area contributed by atoms with Gasteiger partial charge in [0, 0.05) is 66.1 Å². The Labute approximate surface area is 550 Å². The van der Waals surface area contributed by atoms with Crippen molar-refractivity contribution in [1.82, 2.24) is 42.4 Å². The van der Waals surface area contributed by atoms with E-state index in [9.17, 15) is 0 Å². The molecule has 0 aliphatic heterocycles. The Morgan fingerprint density at radius 1 is 0.156 bits per heavy atom. The lowest BCUT2D eigenvalue weighted by molar-refractivity contribution is 1.09. The number of imidazole rings is 3. The number of hydrogen-bond acceptors (Lipinski definition) is 3. The highest BCUT2D eigenvalue weighted by Gasteiger charge is 2.25. The molecular weight excluding hydrogens is 1170 g/mol. The normalized spacial score (nSPS) is 12.0. The highest BCUT2D eigenvalue weighted by molar-refractivity contribution is 6.13. The van der Waals surface area contributed by atoms with Crippen LogP contribution in [0.5, 0.6) is 0 Å². The molecule has 448 valence electrons. The monoisotopic (exact) mass is 1230 g/mol. The van der Waals surface area contributed by atoms with Crippen LogP contribution in [0.2, 0.25) is 0 Å². The molecule has 0 amide bonds. The van der Waals surface area contributed by atoms with Crippen LogP contribution in [0.1, 0.15) is 0 Å². The van der Waals surface area contributed by atoms with Crippen molar-refractivity contribution >= 4 is 98.5 Å². The Bertz CT molecular complexity index is 6160. The van der Waals surface area contributed by atoms with Gasteiger partial charge in [0.1, 0.15) is 17.5 Å². The molecular formula is C87H55N9. The Kier molecular flexibility index (Phi) is 11.8. The summed E-state index contributed by atoms with van der Waals surface area (Å²) in [6, 6.07) is 120. The Hall–Kier alpha value is -13.1. The molecule has 6 aromatic heterocycles. The third-order valence-corrected chi connectivity index (χ3v) is 19.4. The minimum absolute atomic E-state index is 0.791. The first-order chi connectivity index (χ1) is 47.6. The van der Waals surface area contributed by atoms with Crippen molar-refractivity contribution in [2.45, 2.75) is 0 Å². The molecule has 9 heteroatoms. The quantitative estimate of drug-likeness (QED) is 0.137. The van der Waals surface area contributed by atoms with Crippen LogP contribution in [0.15, 0.2) is 334 Å². The van der Waals surface area contributed by atoms with Crippen molar-refractivity contribution in [3.8, 4) is 79.4 Å². The molecule has 0 atom stereocenters. The highest BCUT2D eigenvalue weighted by Crippen LogP contribution is 2.43. The number of aromatic nitrogens is 9. The van der Waals surface area contributed by atoms with Crippen LogP contribution in [-0.4, -0.2) is 42.4 Å². The summed E-state index contributed by atoms with van der Waals surface area (Å²) >= 11 is 0. The van der Waals surface area contributed by atoms with Crippen molar-refractivity contribution < 1.29 is 0 Å². The first-order valence-electron chi connectivity index (χ1n) is 32.6. The summed E-state index contributed by atoms with van der Waals surface area (Å²) in [5, 5.41) is 7.23. The van der Waals surface area contributed by atoms with Crippen LogP contribution < -0.4 is 0 Å². The minimum Gasteiger partial charge on any atom is -0.309 e. The molecule has 0 unspecified atom stereocenters. The van der Waals surface area contributed by atoms with Gasteiger partial charge >= 0.3 is 0 Å². The molecule has 20 rings (SSSR count). The molecule has 96 heavy (non-hydrogen) atoms. The highest BCUT2D eigenvalue weighted by atomic mass is 15.1. The number of rotatable bonds is 10. The lowest BCUT2D eigenvalue weighted by atomic mass is 10.0. The van der Waals surface area contributed by atoms with Gasteiger partial charge in [0.2, 0.25) is 0 Å². The van der Waals surface area contributed by atoms with Crippen LogP contribution in [0.4, 0.5) is 0 Å². The topological polar surface area (TPSA) is 68.2 Å². The van der Waals surface area contributed by atoms with Gasteiger partial charge in [-0.15, -0.1) is 0 Å².